The molecule has 16 heteroatoms. The van der Waals surface area contributed by atoms with Gasteiger partial charge in [-0.15, -0.1) is 0 Å². The van der Waals surface area contributed by atoms with Crippen LogP contribution in [0.1, 0.15) is 46.4 Å². The van der Waals surface area contributed by atoms with E-state index in [1.54, 1.807) is 0 Å². The number of fused-ring (bicyclic) bond motifs is 12. The Morgan fingerprint density at radius 2 is 0.542 bits per heavy atom. The van der Waals surface area contributed by atoms with E-state index in [-0.39, 0.29) is 48.3 Å². The first-order valence-electron chi connectivity index (χ1n) is 25.2. The maximum absolute atomic E-state index is 6.18. The fourth-order valence-corrected chi connectivity index (χ4v) is 12.9. The van der Waals surface area contributed by atoms with E-state index in [0.717, 1.165) is 26.4 Å². The van der Waals surface area contributed by atoms with Crippen LogP contribution in [-0.4, -0.2) is 115 Å². The third-order valence-corrected chi connectivity index (χ3v) is 16.4. The molecule has 12 heterocycles. The van der Waals surface area contributed by atoms with Crippen molar-refractivity contribution in [2.24, 2.45) is 46.6 Å². The van der Waals surface area contributed by atoms with E-state index < -0.39 is 0 Å². The molecule has 4 aromatic carbocycles. The van der Waals surface area contributed by atoms with Gasteiger partial charge in [-0.25, -0.2) is 19.9 Å². The van der Waals surface area contributed by atoms with Gasteiger partial charge in [0.2, 0.25) is 0 Å². The largest absolute Gasteiger partial charge is 0.379 e. The summed E-state index contributed by atoms with van der Waals surface area (Å²) in [6.07, 6.45) is 15.4. The molecule has 12 atom stereocenters. The van der Waals surface area contributed by atoms with Crippen molar-refractivity contribution < 1.29 is 18.9 Å². The number of hydrogen-bond donors (Lipinski definition) is 4. The second-order valence-corrected chi connectivity index (χ2v) is 20.3. The summed E-state index contributed by atoms with van der Waals surface area (Å²) in [6, 6.07) is 35.6. The summed E-state index contributed by atoms with van der Waals surface area (Å²) < 4.78 is 31.1. The van der Waals surface area contributed by atoms with Crippen LogP contribution in [0.25, 0.3) is 45.0 Å². The van der Waals surface area contributed by atoms with E-state index in [0.29, 0.717) is 50.1 Å². The fraction of sp³-hybridized carbons (Fsp3) is 0.357. The van der Waals surface area contributed by atoms with E-state index in [9.17, 15) is 0 Å². The average molecular weight is 965 g/mol. The molecule has 368 valence electrons. The normalized spacial score (nSPS) is 29.3. The highest BCUT2D eigenvalue weighted by Gasteiger charge is 2.43. The van der Waals surface area contributed by atoms with Gasteiger partial charge in [-0.2, -0.15) is 0 Å². The maximum Gasteiger partial charge on any atom is 0.0956 e. The molecule has 4 saturated heterocycles. The van der Waals surface area contributed by atoms with Crippen molar-refractivity contribution in [1.29, 1.82) is 0 Å². The van der Waals surface area contributed by atoms with Crippen molar-refractivity contribution >= 4 is 0 Å². The summed E-state index contributed by atoms with van der Waals surface area (Å²) in [5.74, 6) is 1.34. The first kappa shape index (κ1) is 45.3. The molecule has 0 spiro atoms. The van der Waals surface area contributed by atoms with Crippen molar-refractivity contribution in [2.45, 2.75) is 48.3 Å². The zero-order chi connectivity index (χ0) is 48.5. The van der Waals surface area contributed by atoms with Crippen molar-refractivity contribution in [3.63, 3.8) is 0 Å². The summed E-state index contributed by atoms with van der Waals surface area (Å²) in [5.41, 5.74) is 40.0. The minimum Gasteiger partial charge on any atom is -0.379 e. The smallest absolute Gasteiger partial charge is 0.0956 e. The number of ether oxygens (including phenoxy) is 4. The topological polar surface area (TPSA) is 212 Å². The second kappa shape index (κ2) is 18.8. The fourth-order valence-electron chi connectivity index (χ4n) is 12.9. The lowest BCUT2D eigenvalue weighted by molar-refractivity contribution is 0.177. The molecule has 16 nitrogen and oxygen atoms in total. The van der Waals surface area contributed by atoms with Gasteiger partial charge in [-0.05, 0) is 22.3 Å². The number of aromatic nitrogens is 8. The molecule has 0 bridgehead atoms. The van der Waals surface area contributed by atoms with Crippen molar-refractivity contribution in [2.75, 3.05) is 52.9 Å². The molecule has 4 fully saturated rings. The monoisotopic (exact) mass is 964 g/mol. The number of nitrogens with zero attached hydrogens (tertiary/aromatic N) is 8. The van der Waals surface area contributed by atoms with Gasteiger partial charge in [0.25, 0.3) is 0 Å². The van der Waals surface area contributed by atoms with Gasteiger partial charge < -0.3 is 60.2 Å². The maximum atomic E-state index is 6.18. The highest BCUT2D eigenvalue weighted by molar-refractivity contribution is 5.72. The third-order valence-electron chi connectivity index (χ3n) is 16.4. The first-order valence-corrected chi connectivity index (χ1v) is 25.2. The Bertz CT molecular complexity index is 2790. The summed E-state index contributed by atoms with van der Waals surface area (Å²) in [7, 11) is 0. The van der Waals surface area contributed by atoms with Crippen molar-refractivity contribution in [3.8, 4) is 45.0 Å². The standard InChI is InChI=1S/4C14H15N3O/c4*15-12-7-18-6-11(12)14-10-4-2-1-3-9(10)13-5-16-8-17(13)14/h4*1-5,8,11-12,14H,6-7,15H2/t2*11-,12+,14+;2*11-,12+,14-/m1010/s1. The molecule has 16 rings (SSSR count). The van der Waals surface area contributed by atoms with Crippen LogP contribution < -0.4 is 22.9 Å². The minimum atomic E-state index is 0.108. The molecule has 8 aromatic rings. The van der Waals surface area contributed by atoms with Crippen LogP contribution in [-0.2, 0) is 18.9 Å². The van der Waals surface area contributed by atoms with Crippen LogP contribution >= 0.6 is 0 Å². The van der Waals surface area contributed by atoms with E-state index in [1.807, 2.05) is 50.1 Å². The van der Waals surface area contributed by atoms with Crippen LogP contribution in [0.3, 0.4) is 0 Å². The molecule has 4 aromatic heterocycles. The van der Waals surface area contributed by atoms with Gasteiger partial charge >= 0.3 is 0 Å². The number of nitrogens with two attached hydrogens (primary N) is 4. The molecule has 0 saturated carbocycles. The third kappa shape index (κ3) is 7.50. The molecule has 8 aliphatic rings. The zero-order valence-corrected chi connectivity index (χ0v) is 40.0. The predicted molar refractivity (Wildman–Crippen MR) is 272 cm³/mol. The van der Waals surface area contributed by atoms with Gasteiger partial charge in [0.15, 0.2) is 0 Å². The van der Waals surface area contributed by atoms with Gasteiger partial charge in [-0.3, -0.25) is 0 Å². The van der Waals surface area contributed by atoms with Crippen LogP contribution in [0.5, 0.6) is 0 Å². The van der Waals surface area contributed by atoms with Crippen LogP contribution in [0.2, 0.25) is 0 Å². The van der Waals surface area contributed by atoms with Crippen molar-refractivity contribution in [1.82, 2.24) is 38.2 Å². The Hall–Kier alpha value is -6.60. The van der Waals surface area contributed by atoms with E-state index in [2.05, 4.69) is 135 Å². The van der Waals surface area contributed by atoms with Gasteiger partial charge in [0.1, 0.15) is 0 Å². The lowest BCUT2D eigenvalue weighted by Crippen LogP contribution is -2.34. The number of rotatable bonds is 4. The van der Waals surface area contributed by atoms with Crippen LogP contribution in [0.4, 0.5) is 0 Å². The molecule has 0 radical (unpaired) electrons. The number of imidazole rings is 4. The van der Waals surface area contributed by atoms with Gasteiger partial charge in [0, 0.05) is 70.1 Å². The lowest BCUT2D eigenvalue weighted by Gasteiger charge is -2.23. The Balaban J connectivity index is 0.0000000933. The molecule has 0 aliphatic carbocycles. The summed E-state index contributed by atoms with van der Waals surface area (Å²) in [5, 5.41) is 0. The first-order chi connectivity index (χ1) is 35.4. The molecule has 0 unspecified atom stereocenters. The summed E-state index contributed by atoms with van der Waals surface area (Å²) >= 11 is 0. The molecule has 0 amide bonds. The summed E-state index contributed by atoms with van der Waals surface area (Å²) in [4.78, 5) is 17.1. The zero-order valence-electron chi connectivity index (χ0n) is 40.0. The number of benzene rings is 4. The molecule has 8 aliphatic heterocycles. The molecule has 8 N–H and O–H groups in total. The molecular weight excluding hydrogens is 905 g/mol. The highest BCUT2D eigenvalue weighted by Crippen LogP contribution is 2.48. The van der Waals surface area contributed by atoms with Gasteiger partial charge in [0.05, 0.1) is 150 Å². The average Bonchev–Trinajstić information content (AvgIpc) is 4.23. The lowest BCUT2D eigenvalue weighted by atomic mass is 9.89. The Morgan fingerprint density at radius 1 is 0.319 bits per heavy atom. The number of hydrogen-bond acceptors (Lipinski definition) is 12. The Kier molecular flexibility index (Phi) is 11.8. The second-order valence-electron chi connectivity index (χ2n) is 20.3. The summed E-state index contributed by atoms with van der Waals surface area (Å²) in [6.45, 7) is 5.58. The van der Waals surface area contributed by atoms with Crippen LogP contribution in [0, 0.1) is 23.7 Å². The van der Waals surface area contributed by atoms with Crippen LogP contribution in [0.15, 0.2) is 147 Å². The quantitative estimate of drug-likeness (QED) is 0.167. The SMILES string of the molecule is N[C@@H]1COC[C@@H]1[C@@H]1c2ccccc2-c2cncn21.N[C@@H]1COC[C@@H]1[C@H]1c2ccccc2-c2cncn21.N[C@H]1COC[C@H]1[C@@H]1c2ccccc2-c2cncn21.N[C@H]1COC[C@H]1[C@H]1c2ccccc2-c2cncn21. The van der Waals surface area contributed by atoms with E-state index in [1.165, 1.54) is 67.3 Å². The minimum absolute atomic E-state index is 0.108. The van der Waals surface area contributed by atoms with Gasteiger partial charge in [-0.1, -0.05) is 97.1 Å². The molecule has 72 heavy (non-hydrogen) atoms. The Labute approximate surface area is 417 Å². The predicted octanol–water partition coefficient (Wildman–Crippen LogP) is 5.71. The van der Waals surface area contributed by atoms with E-state index >= 15 is 0 Å². The Morgan fingerprint density at radius 3 is 0.750 bits per heavy atom. The molecular formula is C56H60N12O4. The van der Waals surface area contributed by atoms with E-state index in [4.69, 9.17) is 41.9 Å². The highest BCUT2D eigenvalue weighted by atomic mass is 16.5. The van der Waals surface area contributed by atoms with Crippen molar-refractivity contribution in [3.05, 3.63) is 169 Å².